The van der Waals surface area contributed by atoms with E-state index in [2.05, 4.69) is 19.1 Å². The van der Waals surface area contributed by atoms with Gasteiger partial charge in [0.1, 0.15) is 5.75 Å². The Hall–Kier alpha value is -2.33. The minimum Gasteiger partial charge on any atom is -0.497 e. The van der Waals surface area contributed by atoms with Gasteiger partial charge in [-0.1, -0.05) is 49.4 Å². The topological polar surface area (TPSA) is 49.8 Å². The molecule has 1 aliphatic heterocycles. The number of benzene rings is 2. The van der Waals surface area contributed by atoms with Crippen LogP contribution in [-0.4, -0.2) is 41.7 Å². The van der Waals surface area contributed by atoms with Crippen LogP contribution in [-0.2, 0) is 11.2 Å². The molecule has 144 valence electrons. The second kappa shape index (κ2) is 8.57. The molecular formula is C23H29NO3. The number of likely N-dealkylation sites (tertiary alicyclic amines) is 1. The van der Waals surface area contributed by atoms with Gasteiger partial charge in [0, 0.05) is 25.9 Å². The number of methoxy groups -OCH3 is 1. The summed E-state index contributed by atoms with van der Waals surface area (Å²) >= 11 is 0. The maximum absolute atomic E-state index is 12.7. The van der Waals surface area contributed by atoms with E-state index in [1.54, 1.807) is 7.11 Å². The van der Waals surface area contributed by atoms with E-state index in [-0.39, 0.29) is 11.8 Å². The highest BCUT2D eigenvalue weighted by atomic mass is 16.5. The molecule has 1 fully saturated rings. The number of hydrogen-bond donors (Lipinski definition) is 1. The van der Waals surface area contributed by atoms with E-state index in [0.29, 0.717) is 38.8 Å². The molecule has 2 aromatic carbocycles. The average molecular weight is 367 g/mol. The number of piperidine rings is 1. The summed E-state index contributed by atoms with van der Waals surface area (Å²) in [5, 5.41) is 10.9. The van der Waals surface area contributed by atoms with Crippen LogP contribution in [0.5, 0.6) is 5.75 Å². The fourth-order valence-electron chi connectivity index (χ4n) is 3.76. The zero-order valence-electron chi connectivity index (χ0n) is 16.2. The van der Waals surface area contributed by atoms with Crippen LogP contribution in [0.3, 0.4) is 0 Å². The summed E-state index contributed by atoms with van der Waals surface area (Å²) in [5.41, 5.74) is 1.55. The van der Waals surface area contributed by atoms with Crippen molar-refractivity contribution in [3.8, 4) is 5.75 Å². The Kier molecular flexibility index (Phi) is 6.17. The maximum Gasteiger partial charge on any atom is 0.223 e. The van der Waals surface area contributed by atoms with Crippen LogP contribution in [0.25, 0.3) is 0 Å². The molecule has 0 aliphatic carbocycles. The van der Waals surface area contributed by atoms with Crippen LogP contribution in [0.4, 0.5) is 0 Å². The van der Waals surface area contributed by atoms with Crippen LogP contribution >= 0.6 is 0 Å². The first-order chi connectivity index (χ1) is 13.0. The summed E-state index contributed by atoms with van der Waals surface area (Å²) in [7, 11) is 1.65. The van der Waals surface area contributed by atoms with Crippen molar-refractivity contribution < 1.29 is 14.6 Å². The van der Waals surface area contributed by atoms with Crippen molar-refractivity contribution >= 4 is 5.91 Å². The van der Waals surface area contributed by atoms with Gasteiger partial charge in [-0.3, -0.25) is 4.79 Å². The second-order valence-electron chi connectivity index (χ2n) is 7.65. The van der Waals surface area contributed by atoms with Gasteiger partial charge in [-0.05, 0) is 42.0 Å². The molecule has 27 heavy (non-hydrogen) atoms. The molecule has 3 rings (SSSR count). The van der Waals surface area contributed by atoms with Gasteiger partial charge in [0.25, 0.3) is 0 Å². The van der Waals surface area contributed by atoms with Crippen molar-refractivity contribution in [3.05, 3.63) is 65.7 Å². The Bertz CT molecular complexity index is 734. The van der Waals surface area contributed by atoms with E-state index in [9.17, 15) is 9.90 Å². The van der Waals surface area contributed by atoms with Crippen molar-refractivity contribution in [1.82, 2.24) is 4.90 Å². The lowest BCUT2D eigenvalue weighted by atomic mass is 9.85. The van der Waals surface area contributed by atoms with Gasteiger partial charge in [-0.2, -0.15) is 0 Å². The summed E-state index contributed by atoms with van der Waals surface area (Å²) in [6, 6.07) is 18.0. The lowest BCUT2D eigenvalue weighted by Crippen LogP contribution is -2.47. The molecule has 0 spiro atoms. The minimum absolute atomic E-state index is 0.179. The van der Waals surface area contributed by atoms with E-state index in [1.165, 1.54) is 5.56 Å². The van der Waals surface area contributed by atoms with Gasteiger partial charge in [-0.25, -0.2) is 0 Å². The van der Waals surface area contributed by atoms with Crippen LogP contribution in [0.2, 0.25) is 0 Å². The highest BCUT2D eigenvalue weighted by molar-refractivity contribution is 5.77. The summed E-state index contributed by atoms with van der Waals surface area (Å²) in [4.78, 5) is 14.6. The Morgan fingerprint density at radius 2 is 1.74 bits per heavy atom. The number of carbonyl (C=O) groups is 1. The van der Waals surface area contributed by atoms with E-state index >= 15 is 0 Å². The molecule has 1 N–H and O–H groups in total. The highest BCUT2D eigenvalue weighted by Gasteiger charge is 2.34. The molecule has 0 unspecified atom stereocenters. The number of nitrogens with zero attached hydrogens (tertiary/aromatic N) is 1. The Morgan fingerprint density at radius 3 is 2.33 bits per heavy atom. The van der Waals surface area contributed by atoms with Gasteiger partial charge in [0.2, 0.25) is 5.91 Å². The van der Waals surface area contributed by atoms with Gasteiger partial charge < -0.3 is 14.7 Å². The molecule has 1 atom stereocenters. The monoisotopic (exact) mass is 367 g/mol. The molecule has 4 heteroatoms. The number of aliphatic hydroxyl groups is 1. The SMILES string of the molecule is COc1ccc(CC2(O)CCN(C(=O)C[C@@H](C)c3ccccc3)CC2)cc1. The number of rotatable bonds is 6. The van der Waals surface area contributed by atoms with Crippen LogP contribution < -0.4 is 4.74 Å². The lowest BCUT2D eigenvalue weighted by Gasteiger charge is -2.38. The first-order valence-corrected chi connectivity index (χ1v) is 9.67. The first kappa shape index (κ1) is 19.4. The largest absolute Gasteiger partial charge is 0.497 e. The molecule has 1 saturated heterocycles. The molecule has 1 amide bonds. The Labute approximate surface area is 161 Å². The predicted molar refractivity (Wildman–Crippen MR) is 107 cm³/mol. The second-order valence-corrected chi connectivity index (χ2v) is 7.65. The van der Waals surface area contributed by atoms with Gasteiger partial charge >= 0.3 is 0 Å². The van der Waals surface area contributed by atoms with Crippen LogP contribution in [0.1, 0.15) is 43.2 Å². The highest BCUT2D eigenvalue weighted by Crippen LogP contribution is 2.28. The molecule has 0 radical (unpaired) electrons. The number of carbonyl (C=O) groups excluding carboxylic acids is 1. The zero-order valence-corrected chi connectivity index (χ0v) is 16.2. The molecule has 0 bridgehead atoms. The lowest BCUT2D eigenvalue weighted by molar-refractivity contribution is -0.135. The first-order valence-electron chi connectivity index (χ1n) is 9.67. The average Bonchev–Trinajstić information content (AvgIpc) is 2.69. The van der Waals surface area contributed by atoms with Gasteiger partial charge in [0.15, 0.2) is 0 Å². The van der Waals surface area contributed by atoms with E-state index in [4.69, 9.17) is 4.74 Å². The fraction of sp³-hybridized carbons (Fsp3) is 0.435. The quantitative estimate of drug-likeness (QED) is 0.845. The molecule has 0 saturated carbocycles. The maximum atomic E-state index is 12.7. The molecule has 4 nitrogen and oxygen atoms in total. The molecular weight excluding hydrogens is 338 g/mol. The number of hydrogen-bond acceptors (Lipinski definition) is 3. The van der Waals surface area contributed by atoms with Crippen molar-refractivity contribution in [2.45, 2.75) is 44.1 Å². The van der Waals surface area contributed by atoms with Crippen molar-refractivity contribution in [3.63, 3.8) is 0 Å². The van der Waals surface area contributed by atoms with Gasteiger partial charge in [0.05, 0.1) is 12.7 Å². The zero-order chi connectivity index (χ0) is 19.3. The normalized spacial score (nSPS) is 17.4. The smallest absolute Gasteiger partial charge is 0.223 e. The standard InChI is InChI=1S/C23H29NO3/c1-18(20-6-4-3-5-7-20)16-22(25)24-14-12-23(26,13-15-24)17-19-8-10-21(27-2)11-9-19/h3-11,18,26H,12-17H2,1-2H3/t18-/m1/s1. The van der Waals surface area contributed by atoms with Crippen molar-refractivity contribution in [2.24, 2.45) is 0 Å². The minimum atomic E-state index is -0.740. The third-order valence-corrected chi connectivity index (χ3v) is 5.59. The summed E-state index contributed by atoms with van der Waals surface area (Å²) in [6.07, 6.45) is 2.36. The summed E-state index contributed by atoms with van der Waals surface area (Å²) in [6.45, 7) is 3.33. The van der Waals surface area contributed by atoms with E-state index in [0.717, 1.165) is 11.3 Å². The Balaban J connectivity index is 1.51. The summed E-state index contributed by atoms with van der Waals surface area (Å²) < 4.78 is 5.18. The van der Waals surface area contributed by atoms with Crippen LogP contribution in [0.15, 0.2) is 54.6 Å². The third-order valence-electron chi connectivity index (χ3n) is 5.59. The Morgan fingerprint density at radius 1 is 1.11 bits per heavy atom. The third kappa shape index (κ3) is 5.10. The van der Waals surface area contributed by atoms with Gasteiger partial charge in [-0.15, -0.1) is 0 Å². The van der Waals surface area contributed by atoms with E-state index < -0.39 is 5.60 Å². The number of ether oxygens (including phenoxy) is 1. The van der Waals surface area contributed by atoms with Crippen molar-refractivity contribution in [1.29, 1.82) is 0 Å². The predicted octanol–water partition coefficient (Wildman–Crippen LogP) is 3.79. The number of amides is 1. The van der Waals surface area contributed by atoms with Crippen LogP contribution in [0, 0.1) is 0 Å². The molecule has 1 aliphatic rings. The van der Waals surface area contributed by atoms with E-state index in [1.807, 2.05) is 47.4 Å². The molecule has 2 aromatic rings. The van der Waals surface area contributed by atoms with Crippen molar-refractivity contribution in [2.75, 3.05) is 20.2 Å². The fourth-order valence-corrected chi connectivity index (χ4v) is 3.76. The molecule has 1 heterocycles. The summed E-state index contributed by atoms with van der Waals surface area (Å²) in [5.74, 6) is 1.20. The molecule has 0 aromatic heterocycles.